The normalized spacial score (nSPS) is 11.9. The zero-order valence-electron chi connectivity index (χ0n) is 9.95. The molecule has 1 aromatic rings. The maximum absolute atomic E-state index is 9.91. The molecule has 1 aromatic carbocycles. The van der Waals surface area contributed by atoms with Crippen LogP contribution in [-0.2, 0) is 0 Å². The fraction of sp³-hybridized carbons (Fsp3) is 0.462. The van der Waals surface area contributed by atoms with E-state index >= 15 is 0 Å². The van der Waals surface area contributed by atoms with Crippen molar-refractivity contribution in [2.45, 2.75) is 26.9 Å². The Morgan fingerprint density at radius 1 is 1.44 bits per heavy atom. The SMILES string of the molecule is [C-]#[N+]CC(O)c1c(C)cc(C)cc1OCC. The summed E-state index contributed by atoms with van der Waals surface area (Å²) in [5.74, 6) is 0.691. The van der Waals surface area contributed by atoms with Crippen LogP contribution in [0.2, 0.25) is 0 Å². The van der Waals surface area contributed by atoms with Crippen molar-refractivity contribution in [3.05, 3.63) is 40.2 Å². The van der Waals surface area contributed by atoms with Gasteiger partial charge in [-0.05, 0) is 38.0 Å². The summed E-state index contributed by atoms with van der Waals surface area (Å²) in [6.45, 7) is 13.2. The first-order valence-electron chi connectivity index (χ1n) is 5.35. The number of aliphatic hydroxyl groups excluding tert-OH is 1. The molecular weight excluding hydrogens is 202 g/mol. The third-order valence-corrected chi connectivity index (χ3v) is 2.39. The molecule has 0 spiro atoms. The molecule has 1 atom stereocenters. The number of benzene rings is 1. The molecule has 16 heavy (non-hydrogen) atoms. The van der Waals surface area contributed by atoms with E-state index in [9.17, 15) is 5.11 Å². The van der Waals surface area contributed by atoms with Crippen molar-refractivity contribution in [3.63, 3.8) is 0 Å². The van der Waals surface area contributed by atoms with E-state index in [0.29, 0.717) is 12.4 Å². The molecular formula is C13H17NO2. The predicted octanol–water partition coefficient (Wildman–Crippen LogP) is 2.65. The number of aliphatic hydroxyl groups is 1. The van der Waals surface area contributed by atoms with Crippen LogP contribution in [0.1, 0.15) is 29.7 Å². The van der Waals surface area contributed by atoms with Crippen molar-refractivity contribution in [3.8, 4) is 5.75 Å². The van der Waals surface area contributed by atoms with Gasteiger partial charge < -0.3 is 14.7 Å². The second-order valence-electron chi connectivity index (χ2n) is 3.78. The molecule has 3 heteroatoms. The average Bonchev–Trinajstić information content (AvgIpc) is 2.17. The minimum Gasteiger partial charge on any atom is -0.493 e. The minimum absolute atomic E-state index is 0.0734. The van der Waals surface area contributed by atoms with Gasteiger partial charge in [0.25, 0.3) is 0 Å². The number of hydrogen-bond acceptors (Lipinski definition) is 2. The topological polar surface area (TPSA) is 33.8 Å². The first kappa shape index (κ1) is 12.5. The summed E-state index contributed by atoms with van der Waals surface area (Å²) in [6, 6.07) is 3.89. The molecule has 0 aliphatic heterocycles. The number of ether oxygens (including phenoxy) is 1. The van der Waals surface area contributed by atoms with Crippen molar-refractivity contribution in [2.75, 3.05) is 13.2 Å². The lowest BCUT2D eigenvalue weighted by Crippen LogP contribution is -2.07. The van der Waals surface area contributed by atoms with Crippen molar-refractivity contribution in [2.24, 2.45) is 0 Å². The molecule has 0 amide bonds. The molecule has 0 fully saturated rings. The second-order valence-corrected chi connectivity index (χ2v) is 3.78. The second kappa shape index (κ2) is 5.53. The average molecular weight is 219 g/mol. The maximum Gasteiger partial charge on any atom is 0.244 e. The summed E-state index contributed by atoms with van der Waals surface area (Å²) in [5, 5.41) is 9.91. The van der Waals surface area contributed by atoms with Gasteiger partial charge in [-0.25, -0.2) is 6.57 Å². The summed E-state index contributed by atoms with van der Waals surface area (Å²) in [6.07, 6.45) is -0.764. The highest BCUT2D eigenvalue weighted by Crippen LogP contribution is 2.30. The molecule has 0 aliphatic carbocycles. The Bertz CT molecular complexity index is 407. The summed E-state index contributed by atoms with van der Waals surface area (Å²) < 4.78 is 5.50. The molecule has 0 aliphatic rings. The Balaban J connectivity index is 3.18. The van der Waals surface area contributed by atoms with Crippen LogP contribution >= 0.6 is 0 Å². The van der Waals surface area contributed by atoms with Gasteiger partial charge in [-0.3, -0.25) is 0 Å². The Morgan fingerprint density at radius 2 is 2.12 bits per heavy atom. The van der Waals surface area contributed by atoms with Crippen LogP contribution in [0.25, 0.3) is 4.85 Å². The van der Waals surface area contributed by atoms with Crippen LogP contribution in [0.15, 0.2) is 12.1 Å². The summed E-state index contributed by atoms with van der Waals surface area (Å²) >= 11 is 0. The Labute approximate surface area is 96.5 Å². The number of aryl methyl sites for hydroxylation is 2. The van der Waals surface area contributed by atoms with Crippen LogP contribution < -0.4 is 4.74 Å². The summed E-state index contributed by atoms with van der Waals surface area (Å²) in [7, 11) is 0. The maximum atomic E-state index is 9.91. The highest BCUT2D eigenvalue weighted by Gasteiger charge is 2.18. The Morgan fingerprint density at radius 3 is 2.69 bits per heavy atom. The first-order valence-corrected chi connectivity index (χ1v) is 5.35. The van der Waals surface area contributed by atoms with Gasteiger partial charge in [-0.2, -0.15) is 0 Å². The van der Waals surface area contributed by atoms with Crippen LogP contribution in [0.3, 0.4) is 0 Å². The summed E-state index contributed by atoms with van der Waals surface area (Å²) in [4.78, 5) is 3.22. The number of rotatable bonds is 4. The van der Waals surface area contributed by atoms with Crippen molar-refractivity contribution in [1.82, 2.24) is 0 Å². The molecule has 0 saturated carbocycles. The van der Waals surface area contributed by atoms with E-state index in [2.05, 4.69) is 4.85 Å². The molecule has 1 rings (SSSR count). The molecule has 1 unspecified atom stereocenters. The lowest BCUT2D eigenvalue weighted by atomic mass is 9.99. The molecule has 0 bridgehead atoms. The largest absolute Gasteiger partial charge is 0.493 e. The fourth-order valence-electron chi connectivity index (χ4n) is 1.82. The van der Waals surface area contributed by atoms with Gasteiger partial charge in [-0.15, -0.1) is 0 Å². The zero-order valence-corrected chi connectivity index (χ0v) is 9.95. The lowest BCUT2D eigenvalue weighted by molar-refractivity contribution is 0.187. The molecule has 3 nitrogen and oxygen atoms in total. The van der Waals surface area contributed by atoms with E-state index in [1.165, 1.54) is 0 Å². The molecule has 86 valence electrons. The monoisotopic (exact) mass is 219 g/mol. The molecule has 0 saturated heterocycles. The predicted molar refractivity (Wildman–Crippen MR) is 63.5 cm³/mol. The fourth-order valence-corrected chi connectivity index (χ4v) is 1.82. The van der Waals surface area contributed by atoms with E-state index in [4.69, 9.17) is 11.3 Å². The smallest absolute Gasteiger partial charge is 0.244 e. The Hall–Kier alpha value is -1.53. The number of hydrogen-bond donors (Lipinski definition) is 1. The van der Waals surface area contributed by atoms with Crippen LogP contribution in [0, 0.1) is 20.4 Å². The highest BCUT2D eigenvalue weighted by molar-refractivity contribution is 5.44. The van der Waals surface area contributed by atoms with Crippen molar-refractivity contribution in [1.29, 1.82) is 0 Å². The van der Waals surface area contributed by atoms with Gasteiger partial charge in [0, 0.05) is 5.56 Å². The van der Waals surface area contributed by atoms with Crippen molar-refractivity contribution >= 4 is 0 Å². The van der Waals surface area contributed by atoms with E-state index in [-0.39, 0.29) is 6.54 Å². The van der Waals surface area contributed by atoms with Gasteiger partial charge in [0.1, 0.15) is 5.75 Å². The van der Waals surface area contributed by atoms with Gasteiger partial charge in [-0.1, -0.05) is 6.07 Å². The van der Waals surface area contributed by atoms with Crippen LogP contribution in [0.5, 0.6) is 5.75 Å². The van der Waals surface area contributed by atoms with Gasteiger partial charge >= 0.3 is 0 Å². The van der Waals surface area contributed by atoms with Gasteiger partial charge in [0.2, 0.25) is 6.54 Å². The van der Waals surface area contributed by atoms with E-state index in [0.717, 1.165) is 16.7 Å². The van der Waals surface area contributed by atoms with E-state index < -0.39 is 6.10 Å². The van der Waals surface area contributed by atoms with E-state index in [1.807, 2.05) is 32.9 Å². The minimum atomic E-state index is -0.764. The first-order chi connectivity index (χ1) is 7.60. The van der Waals surface area contributed by atoms with Crippen LogP contribution in [0.4, 0.5) is 0 Å². The van der Waals surface area contributed by atoms with E-state index in [1.54, 1.807) is 0 Å². The third-order valence-electron chi connectivity index (χ3n) is 2.39. The number of nitrogens with zero attached hydrogens (tertiary/aromatic N) is 1. The summed E-state index contributed by atoms with van der Waals surface area (Å²) in [5.41, 5.74) is 2.81. The van der Waals surface area contributed by atoms with Gasteiger partial charge in [0.05, 0.1) is 6.61 Å². The Kier molecular flexibility index (Phi) is 4.33. The van der Waals surface area contributed by atoms with Gasteiger partial charge in [0.15, 0.2) is 6.10 Å². The highest BCUT2D eigenvalue weighted by atomic mass is 16.5. The molecule has 1 N–H and O–H groups in total. The molecule has 0 aromatic heterocycles. The van der Waals surface area contributed by atoms with Crippen molar-refractivity contribution < 1.29 is 9.84 Å². The third kappa shape index (κ3) is 2.74. The quantitative estimate of drug-likeness (QED) is 0.790. The van der Waals surface area contributed by atoms with Crippen LogP contribution in [-0.4, -0.2) is 18.3 Å². The molecule has 0 radical (unpaired) electrons. The molecule has 0 heterocycles. The zero-order chi connectivity index (χ0) is 12.1. The standard InChI is InChI=1S/C13H17NO2/c1-5-16-12-7-9(2)6-10(3)13(12)11(15)8-14-4/h6-7,11,15H,5,8H2,1-3H3. The lowest BCUT2D eigenvalue weighted by Gasteiger charge is -2.16.